The summed E-state index contributed by atoms with van der Waals surface area (Å²) in [7, 11) is 0. The van der Waals surface area contributed by atoms with E-state index < -0.39 is 10.7 Å². The first-order valence-corrected chi connectivity index (χ1v) is 9.60. The maximum absolute atomic E-state index is 11.5. The minimum Gasteiger partial charge on any atom is -0.480 e. The third-order valence-electron chi connectivity index (χ3n) is 4.81. The van der Waals surface area contributed by atoms with Crippen molar-refractivity contribution in [3.05, 3.63) is 35.2 Å². The number of hydrogen-bond acceptors (Lipinski definition) is 4. The van der Waals surface area contributed by atoms with Gasteiger partial charge in [-0.15, -0.1) is 10.2 Å². The van der Waals surface area contributed by atoms with Crippen LogP contribution in [0.25, 0.3) is 5.69 Å². The zero-order chi connectivity index (χ0) is 18.2. The molecular weight excluding hydrogens is 334 g/mol. The van der Waals surface area contributed by atoms with E-state index in [1.165, 1.54) is 41.3 Å². The number of nitrogens with zero attached hydrogens (tertiary/aromatic N) is 3. The van der Waals surface area contributed by atoms with Crippen molar-refractivity contribution in [2.45, 2.75) is 69.2 Å². The second-order valence-corrected chi connectivity index (χ2v) is 8.98. The minimum absolute atomic E-state index is 0.501. The molecule has 0 saturated heterocycles. The van der Waals surface area contributed by atoms with Crippen LogP contribution in [0.4, 0.5) is 0 Å². The molecule has 0 unspecified atom stereocenters. The van der Waals surface area contributed by atoms with Crippen LogP contribution in [-0.4, -0.2) is 30.6 Å². The first-order chi connectivity index (χ1) is 11.8. The van der Waals surface area contributed by atoms with Gasteiger partial charge in [0.1, 0.15) is 11.1 Å². The maximum Gasteiger partial charge on any atom is 0.319 e. The number of aromatic nitrogens is 3. The maximum atomic E-state index is 11.5. The number of rotatable bonds is 5. The van der Waals surface area contributed by atoms with E-state index in [0.29, 0.717) is 11.1 Å². The summed E-state index contributed by atoms with van der Waals surface area (Å²) in [6.07, 6.45) is 6.27. The zero-order valence-corrected chi connectivity index (χ0v) is 16.1. The molecule has 2 aromatic rings. The van der Waals surface area contributed by atoms with E-state index in [4.69, 9.17) is 0 Å². The van der Waals surface area contributed by atoms with Crippen LogP contribution in [0.5, 0.6) is 0 Å². The number of fused-ring (bicyclic) bond motifs is 1. The minimum atomic E-state index is -0.956. The number of aliphatic carboxylic acids is 1. The topological polar surface area (TPSA) is 68.0 Å². The summed E-state index contributed by atoms with van der Waals surface area (Å²) in [4.78, 5) is 11.5. The van der Waals surface area contributed by atoms with Gasteiger partial charge in [0.15, 0.2) is 5.16 Å². The van der Waals surface area contributed by atoms with Crippen LogP contribution < -0.4 is 0 Å². The quantitative estimate of drug-likeness (QED) is 0.809. The number of carbonyl (C=O) groups is 1. The summed E-state index contributed by atoms with van der Waals surface area (Å²) >= 11 is 1.23. The lowest BCUT2D eigenvalue weighted by atomic mass is 9.83. The van der Waals surface area contributed by atoms with Crippen LogP contribution in [0, 0.1) is 0 Å². The Morgan fingerprint density at radius 1 is 1.24 bits per heavy atom. The van der Waals surface area contributed by atoms with Crippen LogP contribution in [0.1, 0.15) is 63.1 Å². The highest BCUT2D eigenvalue weighted by Crippen LogP contribution is 2.37. The van der Waals surface area contributed by atoms with Crippen LogP contribution in [0.3, 0.4) is 0 Å². The predicted molar refractivity (Wildman–Crippen MR) is 99.7 cm³/mol. The van der Waals surface area contributed by atoms with Gasteiger partial charge in [0.2, 0.25) is 0 Å². The van der Waals surface area contributed by atoms with E-state index >= 15 is 0 Å². The molecule has 0 fully saturated rings. The lowest BCUT2D eigenvalue weighted by molar-refractivity contribution is -0.138. The van der Waals surface area contributed by atoms with Crippen molar-refractivity contribution in [1.82, 2.24) is 14.8 Å². The van der Waals surface area contributed by atoms with Gasteiger partial charge in [-0.25, -0.2) is 0 Å². The highest BCUT2D eigenvalue weighted by atomic mass is 32.2. The van der Waals surface area contributed by atoms with E-state index in [0.717, 1.165) is 18.5 Å². The number of thioether (sulfide) groups is 1. The summed E-state index contributed by atoms with van der Waals surface area (Å²) in [5.74, 6) is -0.356. The summed E-state index contributed by atoms with van der Waals surface area (Å²) in [5.41, 5.74) is 5.34. The molecule has 0 atom stereocenters. The van der Waals surface area contributed by atoms with Gasteiger partial charge < -0.3 is 5.11 Å². The normalized spacial score (nSPS) is 14.6. The molecule has 134 valence electrons. The van der Waals surface area contributed by atoms with Gasteiger partial charge >= 0.3 is 5.97 Å². The first-order valence-electron chi connectivity index (χ1n) is 8.78. The van der Waals surface area contributed by atoms with Crippen LogP contribution in [0.2, 0.25) is 0 Å². The van der Waals surface area contributed by atoms with Crippen molar-refractivity contribution >= 4 is 17.7 Å². The Morgan fingerprint density at radius 3 is 2.56 bits per heavy atom. The van der Waals surface area contributed by atoms with Crippen molar-refractivity contribution in [2.24, 2.45) is 0 Å². The first kappa shape index (κ1) is 18.0. The van der Waals surface area contributed by atoms with Crippen molar-refractivity contribution in [2.75, 3.05) is 0 Å². The third kappa shape index (κ3) is 3.45. The third-order valence-corrected chi connectivity index (χ3v) is 5.95. The summed E-state index contributed by atoms with van der Waals surface area (Å²) < 4.78 is 0.992. The summed E-state index contributed by atoms with van der Waals surface area (Å²) in [5, 5.41) is 18.3. The van der Waals surface area contributed by atoms with E-state index in [-0.39, 0.29) is 0 Å². The van der Waals surface area contributed by atoms with Crippen molar-refractivity contribution in [3.8, 4) is 5.69 Å². The van der Waals surface area contributed by atoms with E-state index in [1.807, 2.05) is 4.57 Å². The molecular formula is C19H25N3O2S. The molecule has 6 heteroatoms. The van der Waals surface area contributed by atoms with Gasteiger partial charge in [-0.1, -0.05) is 31.7 Å². The molecule has 5 nitrogen and oxygen atoms in total. The zero-order valence-electron chi connectivity index (χ0n) is 15.2. The summed E-state index contributed by atoms with van der Waals surface area (Å²) in [6.45, 7) is 7.85. The van der Waals surface area contributed by atoms with Crippen LogP contribution in [-0.2, 0) is 17.6 Å². The van der Waals surface area contributed by atoms with Crippen LogP contribution in [0.15, 0.2) is 23.6 Å². The molecule has 0 saturated carbocycles. The molecule has 1 N–H and O–H groups in total. The molecule has 0 amide bonds. The molecule has 1 aliphatic carbocycles. The van der Waals surface area contributed by atoms with Gasteiger partial charge in [0, 0.05) is 0 Å². The van der Waals surface area contributed by atoms with Crippen molar-refractivity contribution in [1.29, 1.82) is 0 Å². The molecule has 0 spiro atoms. The molecule has 1 aromatic heterocycles. The van der Waals surface area contributed by atoms with Gasteiger partial charge in [-0.05, 0) is 68.2 Å². The SMILES string of the molecule is CC(C)c1ccc(-n2cnnc2SC(C)(C)C(=O)O)c2c1CCCC2. The van der Waals surface area contributed by atoms with Crippen molar-refractivity contribution < 1.29 is 9.90 Å². The monoisotopic (exact) mass is 359 g/mol. The lowest BCUT2D eigenvalue weighted by Gasteiger charge is -2.25. The number of hydrogen-bond donors (Lipinski definition) is 1. The molecule has 0 aliphatic heterocycles. The second kappa shape index (κ2) is 6.83. The largest absolute Gasteiger partial charge is 0.480 e. The fraction of sp³-hybridized carbons (Fsp3) is 0.526. The van der Waals surface area contributed by atoms with E-state index in [1.54, 1.807) is 20.2 Å². The highest BCUT2D eigenvalue weighted by Gasteiger charge is 2.31. The van der Waals surface area contributed by atoms with E-state index in [2.05, 4.69) is 36.2 Å². The fourth-order valence-electron chi connectivity index (χ4n) is 3.37. The Hall–Kier alpha value is -1.82. The second-order valence-electron chi connectivity index (χ2n) is 7.39. The molecule has 0 radical (unpaired) electrons. The Balaban J connectivity index is 2.07. The Labute approximate surface area is 152 Å². The average Bonchev–Trinajstić information content (AvgIpc) is 3.00. The Bertz CT molecular complexity index is 796. The molecule has 1 heterocycles. The molecule has 3 rings (SSSR count). The standard InChI is InChI=1S/C19H25N3O2S/c1-12(2)13-9-10-16(15-8-6-5-7-14(13)15)22-11-20-21-18(22)25-19(3,4)17(23)24/h9-12H,5-8H2,1-4H3,(H,23,24). The predicted octanol–water partition coefficient (Wildman–Crippen LogP) is 4.22. The smallest absolute Gasteiger partial charge is 0.319 e. The van der Waals surface area contributed by atoms with Gasteiger partial charge in [0.25, 0.3) is 0 Å². The van der Waals surface area contributed by atoms with Gasteiger partial charge in [-0.2, -0.15) is 0 Å². The number of carboxylic acids is 1. The van der Waals surface area contributed by atoms with Gasteiger partial charge in [0.05, 0.1) is 5.69 Å². The molecule has 1 aliphatic rings. The fourth-order valence-corrected chi connectivity index (χ4v) is 4.25. The number of benzene rings is 1. The lowest BCUT2D eigenvalue weighted by Crippen LogP contribution is -2.27. The Morgan fingerprint density at radius 2 is 1.92 bits per heavy atom. The molecule has 0 bridgehead atoms. The average molecular weight is 359 g/mol. The van der Waals surface area contributed by atoms with Gasteiger partial charge in [-0.3, -0.25) is 9.36 Å². The molecule has 1 aromatic carbocycles. The number of carboxylic acid groups (broad SMARTS) is 1. The van der Waals surface area contributed by atoms with E-state index in [9.17, 15) is 9.90 Å². The van der Waals surface area contributed by atoms with Crippen molar-refractivity contribution in [3.63, 3.8) is 0 Å². The summed E-state index contributed by atoms with van der Waals surface area (Å²) in [6, 6.07) is 4.35. The highest BCUT2D eigenvalue weighted by molar-refractivity contribution is 8.01. The Kier molecular flexibility index (Phi) is 4.91. The van der Waals surface area contributed by atoms with Crippen LogP contribution >= 0.6 is 11.8 Å². The molecule has 25 heavy (non-hydrogen) atoms.